The number of amides is 1. The van der Waals surface area contributed by atoms with Crippen LogP contribution in [0.15, 0.2) is 65.8 Å². The van der Waals surface area contributed by atoms with E-state index < -0.39 is 0 Å². The Morgan fingerprint density at radius 2 is 1.58 bits per heavy atom. The molecule has 0 aliphatic rings. The van der Waals surface area contributed by atoms with E-state index in [0.717, 1.165) is 11.1 Å². The van der Waals surface area contributed by atoms with E-state index in [2.05, 4.69) is 15.5 Å². The van der Waals surface area contributed by atoms with E-state index in [-0.39, 0.29) is 17.2 Å². The van der Waals surface area contributed by atoms with Crippen LogP contribution in [0.5, 0.6) is 0 Å². The molecule has 6 nitrogen and oxygen atoms in total. The number of hydrogen-bond acceptors (Lipinski definition) is 5. The molecule has 1 atom stereocenters. The van der Waals surface area contributed by atoms with Crippen molar-refractivity contribution in [2.24, 2.45) is 0 Å². The van der Waals surface area contributed by atoms with E-state index in [1.165, 1.54) is 16.4 Å². The minimum Gasteiger partial charge on any atom is -0.344 e. The van der Waals surface area contributed by atoms with Gasteiger partial charge in [0.25, 0.3) is 0 Å². The molecule has 0 saturated carbocycles. The zero-order valence-corrected chi connectivity index (χ0v) is 15.5. The predicted molar refractivity (Wildman–Crippen MR) is 103 cm³/mol. The lowest BCUT2D eigenvalue weighted by molar-refractivity contribution is -0.120. The lowest BCUT2D eigenvalue weighted by atomic mass is 9.98. The number of carbonyl (C=O) groups excluding carboxylic acids is 1. The molecule has 0 unspecified atom stereocenters. The molecule has 26 heavy (non-hydrogen) atoms. The molecule has 0 spiro atoms. The van der Waals surface area contributed by atoms with Crippen LogP contribution in [0.25, 0.3) is 0 Å². The van der Waals surface area contributed by atoms with Crippen molar-refractivity contribution >= 4 is 17.7 Å². The molecule has 3 N–H and O–H groups in total. The summed E-state index contributed by atoms with van der Waals surface area (Å²) >= 11 is 1.28. The summed E-state index contributed by atoms with van der Waals surface area (Å²) in [5.41, 5.74) is 2.06. The highest BCUT2D eigenvalue weighted by molar-refractivity contribution is 8.00. The number of aromatic nitrogens is 3. The number of carbonyl (C=O) groups is 1. The second-order valence-electron chi connectivity index (χ2n) is 5.92. The maximum absolute atomic E-state index is 12.8. The molecule has 0 fully saturated rings. The summed E-state index contributed by atoms with van der Waals surface area (Å²) in [6.45, 7) is 3.60. The zero-order chi connectivity index (χ0) is 18.5. The minimum atomic E-state index is -0.365. The van der Waals surface area contributed by atoms with Gasteiger partial charge in [0.1, 0.15) is 5.82 Å². The Morgan fingerprint density at radius 3 is 2.04 bits per heavy atom. The Bertz CT molecular complexity index is 827. The van der Waals surface area contributed by atoms with Gasteiger partial charge in [-0.25, -0.2) is 4.68 Å². The topological polar surface area (TPSA) is 85.8 Å². The van der Waals surface area contributed by atoms with Crippen molar-refractivity contribution in [1.82, 2.24) is 20.2 Å². The lowest BCUT2D eigenvalue weighted by Crippen LogP contribution is -2.35. The first-order chi connectivity index (χ1) is 12.6. The molecule has 1 aromatic heterocycles. The number of aryl methyl sites for hydroxylation is 1. The number of rotatable bonds is 6. The second-order valence-corrected chi connectivity index (χ2v) is 7.23. The van der Waals surface area contributed by atoms with Crippen molar-refractivity contribution in [1.29, 1.82) is 0 Å². The van der Waals surface area contributed by atoms with E-state index in [0.29, 0.717) is 11.0 Å². The van der Waals surface area contributed by atoms with Gasteiger partial charge in [-0.1, -0.05) is 72.4 Å². The van der Waals surface area contributed by atoms with E-state index in [1.54, 1.807) is 6.92 Å². The lowest BCUT2D eigenvalue weighted by Gasteiger charge is -2.21. The molecule has 1 heterocycles. The minimum absolute atomic E-state index is 0.0895. The average Bonchev–Trinajstić information content (AvgIpc) is 2.99. The Morgan fingerprint density at radius 1 is 1.04 bits per heavy atom. The van der Waals surface area contributed by atoms with Gasteiger partial charge in [0.05, 0.1) is 11.3 Å². The van der Waals surface area contributed by atoms with Gasteiger partial charge in [-0.2, -0.15) is 0 Å². The predicted octanol–water partition coefficient (Wildman–Crippen LogP) is 2.69. The smallest absolute Gasteiger partial charge is 0.234 e. The summed E-state index contributed by atoms with van der Waals surface area (Å²) in [4.78, 5) is 12.8. The fourth-order valence-corrected chi connectivity index (χ4v) is 3.38. The molecular weight excluding hydrogens is 346 g/mol. The zero-order valence-electron chi connectivity index (χ0n) is 14.7. The second kappa shape index (κ2) is 8.05. The molecule has 0 radical (unpaired) electrons. The third-order valence-electron chi connectivity index (χ3n) is 4.04. The molecule has 3 aromatic rings. The molecule has 1 amide bonds. The van der Waals surface area contributed by atoms with Crippen molar-refractivity contribution < 1.29 is 4.79 Å². The summed E-state index contributed by atoms with van der Waals surface area (Å²) in [5, 5.41) is 11.2. The molecule has 7 heteroatoms. The summed E-state index contributed by atoms with van der Waals surface area (Å²) in [7, 11) is 0. The van der Waals surface area contributed by atoms with Crippen LogP contribution in [0, 0.1) is 6.92 Å². The number of nitrogen functional groups attached to an aromatic ring is 1. The Labute approximate surface area is 156 Å². The number of nitrogens with one attached hydrogen (secondary N) is 1. The first kappa shape index (κ1) is 18.0. The van der Waals surface area contributed by atoms with Gasteiger partial charge in [0, 0.05) is 0 Å². The number of thioether (sulfide) groups is 1. The van der Waals surface area contributed by atoms with Crippen molar-refractivity contribution in [2.75, 3.05) is 5.84 Å². The van der Waals surface area contributed by atoms with E-state index in [4.69, 9.17) is 5.84 Å². The highest BCUT2D eigenvalue weighted by Gasteiger charge is 2.23. The first-order valence-electron chi connectivity index (χ1n) is 8.30. The van der Waals surface area contributed by atoms with Crippen molar-refractivity contribution in [2.45, 2.75) is 30.3 Å². The van der Waals surface area contributed by atoms with Crippen molar-refractivity contribution in [3.05, 3.63) is 77.6 Å². The Hall–Kier alpha value is -2.80. The fraction of sp³-hybridized carbons (Fsp3) is 0.211. The van der Waals surface area contributed by atoms with Gasteiger partial charge in [-0.05, 0) is 25.0 Å². The van der Waals surface area contributed by atoms with Gasteiger partial charge < -0.3 is 11.2 Å². The summed E-state index contributed by atoms with van der Waals surface area (Å²) in [6, 6.07) is 19.6. The molecule has 0 aliphatic carbocycles. The Balaban J connectivity index is 1.78. The average molecular weight is 367 g/mol. The normalized spacial score (nSPS) is 12.1. The van der Waals surface area contributed by atoms with E-state index in [1.807, 2.05) is 67.6 Å². The summed E-state index contributed by atoms with van der Waals surface area (Å²) in [6.07, 6.45) is 0. The van der Waals surface area contributed by atoms with Crippen LogP contribution in [0.3, 0.4) is 0 Å². The number of nitrogens with two attached hydrogens (primary N) is 1. The third kappa shape index (κ3) is 4.05. The summed E-state index contributed by atoms with van der Waals surface area (Å²) in [5.74, 6) is 6.39. The van der Waals surface area contributed by atoms with Gasteiger partial charge in [0.15, 0.2) is 0 Å². The first-order valence-corrected chi connectivity index (χ1v) is 9.18. The maximum Gasteiger partial charge on any atom is 0.234 e. The molecule has 0 aliphatic heterocycles. The highest BCUT2D eigenvalue weighted by atomic mass is 32.2. The van der Waals surface area contributed by atoms with Crippen LogP contribution in [-0.4, -0.2) is 26.0 Å². The van der Waals surface area contributed by atoms with Crippen LogP contribution in [0.2, 0.25) is 0 Å². The van der Waals surface area contributed by atoms with Crippen molar-refractivity contribution in [3.8, 4) is 0 Å². The Kier molecular flexibility index (Phi) is 5.58. The maximum atomic E-state index is 12.8. The largest absolute Gasteiger partial charge is 0.344 e. The molecule has 2 aromatic carbocycles. The molecule has 3 rings (SSSR count). The molecule has 134 valence electrons. The van der Waals surface area contributed by atoms with Gasteiger partial charge >= 0.3 is 0 Å². The SMILES string of the molecule is Cc1nnc(S[C@H](C)C(=O)NC(c2ccccc2)c2ccccc2)n1N. The van der Waals surface area contributed by atoms with Gasteiger partial charge in [-0.3, -0.25) is 4.79 Å². The van der Waals surface area contributed by atoms with Crippen LogP contribution in [-0.2, 0) is 4.79 Å². The molecule has 0 saturated heterocycles. The van der Waals surface area contributed by atoms with Crippen molar-refractivity contribution in [3.63, 3.8) is 0 Å². The monoisotopic (exact) mass is 367 g/mol. The van der Waals surface area contributed by atoms with Crippen LogP contribution >= 0.6 is 11.8 Å². The number of nitrogens with zero attached hydrogens (tertiary/aromatic N) is 3. The van der Waals surface area contributed by atoms with Gasteiger partial charge in [0.2, 0.25) is 11.1 Å². The number of benzene rings is 2. The van der Waals surface area contributed by atoms with E-state index in [9.17, 15) is 4.79 Å². The van der Waals surface area contributed by atoms with Gasteiger partial charge in [-0.15, -0.1) is 10.2 Å². The number of hydrogen-bond donors (Lipinski definition) is 2. The molecular formula is C19H21N5OS. The van der Waals surface area contributed by atoms with Crippen LogP contribution < -0.4 is 11.2 Å². The highest BCUT2D eigenvalue weighted by Crippen LogP contribution is 2.25. The van der Waals surface area contributed by atoms with E-state index >= 15 is 0 Å². The van der Waals surface area contributed by atoms with Crippen LogP contribution in [0.4, 0.5) is 0 Å². The standard InChI is InChI=1S/C19H21N5OS/c1-13(26-19-23-22-14(2)24(19)20)18(25)21-17(15-9-5-3-6-10-15)16-11-7-4-8-12-16/h3-13,17H,20H2,1-2H3,(H,21,25)/t13-/m1/s1. The summed E-state index contributed by atoms with van der Waals surface area (Å²) < 4.78 is 1.39. The molecule has 0 bridgehead atoms. The quantitative estimate of drug-likeness (QED) is 0.517. The third-order valence-corrected chi connectivity index (χ3v) is 5.10. The fourth-order valence-electron chi connectivity index (χ4n) is 2.55. The van der Waals surface area contributed by atoms with Crippen LogP contribution in [0.1, 0.15) is 29.9 Å².